The molecule has 0 saturated carbocycles. The molecule has 0 heterocycles. The quantitative estimate of drug-likeness (QED) is 0.429. The molecule has 0 fully saturated rings. The summed E-state index contributed by atoms with van der Waals surface area (Å²) in [6.07, 6.45) is 0. The molecule has 0 aromatic heterocycles. The zero-order valence-corrected chi connectivity index (χ0v) is 8.10. The summed E-state index contributed by atoms with van der Waals surface area (Å²) in [5.74, 6) is 0.499. The minimum Gasteiger partial charge on any atom is -0.497 e. The fourth-order valence-corrected chi connectivity index (χ4v) is 0.724. The molecular weight excluding hydrogens is 210 g/mol. The Balaban J connectivity index is 0. The molecule has 0 N–H and O–H groups in total. The number of rotatable bonds is 2. The third-order valence-electron chi connectivity index (χ3n) is 1.26. The number of nitro groups is 1. The lowest BCUT2D eigenvalue weighted by molar-refractivity contribution is -0.384. The average Bonchev–Trinajstić information content (AvgIpc) is 2.21. The maximum Gasteiger partial charge on any atom is 0.273 e. The fourth-order valence-electron chi connectivity index (χ4n) is 0.724. The Bertz CT molecular complexity index is 316. The topological polar surface area (TPSA) is 99.9 Å². The Morgan fingerprint density at radius 3 is 2.43 bits per heavy atom. The number of nitrogens with zero attached hydrogens (tertiary/aromatic N) is 3. The number of halogens is 1. The highest BCUT2D eigenvalue weighted by molar-refractivity contribution is 5.85. The summed E-state index contributed by atoms with van der Waals surface area (Å²) in [7, 11) is 1.47. The summed E-state index contributed by atoms with van der Waals surface area (Å²) in [6, 6.07) is 6.03. The smallest absolute Gasteiger partial charge is 0.273 e. The van der Waals surface area contributed by atoms with E-state index in [4.69, 9.17) is 15.5 Å². The maximum absolute atomic E-state index is 10.2. The SMILES string of the molecule is COc1cccc([N+](=O)[O-])c1.Cl.N#N. The summed E-state index contributed by atoms with van der Waals surface area (Å²) in [5.41, 5.74) is 0.0457. The van der Waals surface area contributed by atoms with E-state index >= 15 is 0 Å². The van der Waals surface area contributed by atoms with Crippen molar-refractivity contribution in [1.29, 1.82) is 10.8 Å². The second kappa shape index (κ2) is 7.76. The molecule has 0 spiro atoms. The van der Waals surface area contributed by atoms with Gasteiger partial charge in [-0.1, -0.05) is 6.07 Å². The molecule has 0 saturated heterocycles. The number of non-ortho nitro benzene ring substituents is 1. The van der Waals surface area contributed by atoms with Gasteiger partial charge in [-0.2, -0.15) is 0 Å². The first kappa shape index (κ1) is 14.6. The predicted molar refractivity (Wildman–Crippen MR) is 50.3 cm³/mol. The van der Waals surface area contributed by atoms with Gasteiger partial charge in [-0.15, -0.1) is 12.4 Å². The van der Waals surface area contributed by atoms with E-state index in [0.29, 0.717) is 5.75 Å². The first-order valence-corrected chi connectivity index (χ1v) is 3.22. The molecule has 1 aromatic carbocycles. The highest BCUT2D eigenvalue weighted by Crippen LogP contribution is 2.17. The van der Waals surface area contributed by atoms with Gasteiger partial charge in [0.15, 0.2) is 0 Å². The van der Waals surface area contributed by atoms with Crippen molar-refractivity contribution in [2.75, 3.05) is 7.11 Å². The molecule has 0 unspecified atom stereocenters. The first-order valence-electron chi connectivity index (χ1n) is 3.22. The van der Waals surface area contributed by atoms with Crippen molar-refractivity contribution >= 4 is 18.1 Å². The number of nitro benzene ring substituents is 1. The standard InChI is InChI=1S/C7H7NO3.ClH.N2/c1-11-7-4-2-3-6(5-7)8(9)10;;1-2/h2-5H,1H3;1H;. The second-order valence-corrected chi connectivity index (χ2v) is 1.96. The van der Waals surface area contributed by atoms with Crippen LogP contribution in [-0.4, -0.2) is 12.0 Å². The zero-order chi connectivity index (χ0) is 10.3. The van der Waals surface area contributed by atoms with Crippen LogP contribution < -0.4 is 4.74 Å². The Labute approximate surface area is 86.5 Å². The van der Waals surface area contributed by atoms with Crippen molar-refractivity contribution in [2.45, 2.75) is 0 Å². The van der Waals surface area contributed by atoms with E-state index in [0.717, 1.165) is 0 Å². The van der Waals surface area contributed by atoms with Crippen LogP contribution in [0.2, 0.25) is 0 Å². The molecule has 14 heavy (non-hydrogen) atoms. The lowest BCUT2D eigenvalue weighted by Crippen LogP contribution is -1.88. The van der Waals surface area contributed by atoms with Gasteiger partial charge in [0.1, 0.15) is 5.75 Å². The molecule has 6 nitrogen and oxygen atoms in total. The lowest BCUT2D eigenvalue weighted by atomic mass is 10.3. The number of hydrogen-bond donors (Lipinski definition) is 0. The van der Waals surface area contributed by atoms with Gasteiger partial charge in [0.05, 0.1) is 18.1 Å². The average molecular weight is 218 g/mol. The van der Waals surface area contributed by atoms with E-state index in [1.54, 1.807) is 12.1 Å². The van der Waals surface area contributed by atoms with Crippen LogP contribution in [0, 0.1) is 20.9 Å². The lowest BCUT2D eigenvalue weighted by Gasteiger charge is -1.96. The Morgan fingerprint density at radius 2 is 2.00 bits per heavy atom. The van der Waals surface area contributed by atoms with Crippen LogP contribution in [0.15, 0.2) is 24.3 Å². The van der Waals surface area contributed by atoms with Crippen LogP contribution in [0.25, 0.3) is 0 Å². The van der Waals surface area contributed by atoms with Gasteiger partial charge in [0.25, 0.3) is 5.69 Å². The van der Waals surface area contributed by atoms with E-state index in [1.165, 1.54) is 19.2 Å². The van der Waals surface area contributed by atoms with Gasteiger partial charge >= 0.3 is 0 Å². The largest absolute Gasteiger partial charge is 0.497 e. The van der Waals surface area contributed by atoms with Gasteiger partial charge in [0, 0.05) is 16.9 Å². The van der Waals surface area contributed by atoms with Crippen molar-refractivity contribution in [2.24, 2.45) is 0 Å². The molecule has 7 heteroatoms. The number of ether oxygens (including phenoxy) is 1. The third-order valence-corrected chi connectivity index (χ3v) is 1.26. The molecule has 0 radical (unpaired) electrons. The van der Waals surface area contributed by atoms with Crippen LogP contribution in [0.4, 0.5) is 5.69 Å². The van der Waals surface area contributed by atoms with Crippen molar-refractivity contribution in [3.05, 3.63) is 34.4 Å². The van der Waals surface area contributed by atoms with E-state index in [2.05, 4.69) is 0 Å². The fraction of sp³-hybridized carbons (Fsp3) is 0.143. The first-order chi connectivity index (χ1) is 6.24. The Kier molecular flexibility index (Phi) is 8.12. The highest BCUT2D eigenvalue weighted by atomic mass is 35.5. The van der Waals surface area contributed by atoms with Crippen LogP contribution >= 0.6 is 12.4 Å². The van der Waals surface area contributed by atoms with Crippen LogP contribution in [-0.2, 0) is 0 Å². The molecule has 76 valence electrons. The molecule has 0 atom stereocenters. The summed E-state index contributed by atoms with van der Waals surface area (Å²) in [5, 5.41) is 22.2. The molecule has 0 amide bonds. The summed E-state index contributed by atoms with van der Waals surface area (Å²) >= 11 is 0. The molecule has 0 aliphatic heterocycles. The van der Waals surface area contributed by atoms with Crippen LogP contribution in [0.1, 0.15) is 0 Å². The van der Waals surface area contributed by atoms with Gasteiger partial charge in [-0.3, -0.25) is 10.1 Å². The van der Waals surface area contributed by atoms with E-state index < -0.39 is 4.92 Å². The Morgan fingerprint density at radius 1 is 1.43 bits per heavy atom. The minimum absolute atomic E-state index is 0. The summed E-state index contributed by atoms with van der Waals surface area (Å²) < 4.78 is 4.80. The van der Waals surface area contributed by atoms with Gasteiger partial charge in [-0.25, -0.2) is 0 Å². The number of methoxy groups -OCH3 is 1. The van der Waals surface area contributed by atoms with Crippen LogP contribution in [0.5, 0.6) is 5.75 Å². The molecule has 1 aromatic rings. The summed E-state index contributed by atoms with van der Waals surface area (Å²) in [4.78, 5) is 9.76. The molecule has 1 rings (SSSR count). The van der Waals surface area contributed by atoms with Crippen molar-refractivity contribution in [1.82, 2.24) is 0 Å². The number of benzene rings is 1. The second-order valence-electron chi connectivity index (χ2n) is 1.96. The zero-order valence-electron chi connectivity index (χ0n) is 7.28. The monoisotopic (exact) mass is 217 g/mol. The molecule has 0 aliphatic carbocycles. The van der Waals surface area contributed by atoms with Crippen molar-refractivity contribution in [3.8, 4) is 5.75 Å². The van der Waals surface area contributed by atoms with Gasteiger partial charge < -0.3 is 4.74 Å². The van der Waals surface area contributed by atoms with Crippen LogP contribution in [0.3, 0.4) is 0 Å². The van der Waals surface area contributed by atoms with Gasteiger partial charge in [-0.05, 0) is 6.07 Å². The van der Waals surface area contributed by atoms with Crippen molar-refractivity contribution in [3.63, 3.8) is 0 Å². The minimum atomic E-state index is -0.456. The molecule has 0 aliphatic rings. The normalized spacial score (nSPS) is 7.36. The molecule has 0 bridgehead atoms. The highest BCUT2D eigenvalue weighted by Gasteiger charge is 2.04. The van der Waals surface area contributed by atoms with E-state index in [-0.39, 0.29) is 18.1 Å². The number of hydrogen-bond acceptors (Lipinski definition) is 5. The summed E-state index contributed by atoms with van der Waals surface area (Å²) in [6.45, 7) is 0. The van der Waals surface area contributed by atoms with Crippen molar-refractivity contribution < 1.29 is 9.66 Å². The molecular formula is C7H8ClN3O3. The maximum atomic E-state index is 10.2. The van der Waals surface area contributed by atoms with E-state index in [1.807, 2.05) is 0 Å². The third kappa shape index (κ3) is 4.23. The van der Waals surface area contributed by atoms with Gasteiger partial charge in [0.2, 0.25) is 0 Å². The van der Waals surface area contributed by atoms with E-state index in [9.17, 15) is 10.1 Å². The predicted octanol–water partition coefficient (Wildman–Crippen LogP) is 2.06. The Hall–Kier alpha value is -1.87.